The van der Waals surface area contributed by atoms with E-state index in [1.54, 1.807) is 13.0 Å². The number of phenolic OH excluding ortho intramolecular Hbond substituents is 1. The molecule has 12 heteroatoms. The van der Waals surface area contributed by atoms with E-state index in [4.69, 9.17) is 14.2 Å². The number of ether oxygens (including phenoxy) is 3. The molecule has 11 rings (SSSR count). The van der Waals surface area contributed by atoms with Crippen LogP contribution in [0.15, 0.2) is 12.1 Å². The molecule has 5 aliphatic carbocycles. The number of piperidine rings is 2. The SMILES string of the molecule is CC(=O)O[C@H]1[C@H]2CC[C@@H]3CCC[C@@]34C[C@@H]3CCCC[C@@]3(NC4=O)C(=O)O[C@H]2C2(CCNCC2)[C@@H]2c3ccc(O)c4c3[C@@H](C[C@H]2C#CC[C@H](C[C@H](C)O)[C@@H]1CCCO)[C@H](C1(CO)CCCC1)CO4. The Balaban J connectivity index is 1.23. The van der Waals surface area contributed by atoms with Gasteiger partial charge < -0.3 is 45.3 Å². The van der Waals surface area contributed by atoms with E-state index in [9.17, 15) is 30.0 Å². The molecule has 1 amide bonds. The summed E-state index contributed by atoms with van der Waals surface area (Å²) >= 11 is 0. The molecular formula is C55H78N2O10. The average Bonchev–Trinajstić information content (AvgIpc) is 3.97. The third-order valence-electron chi connectivity index (χ3n) is 20.1. The van der Waals surface area contributed by atoms with Gasteiger partial charge in [-0.2, -0.15) is 0 Å². The molecule has 4 saturated heterocycles. The minimum absolute atomic E-state index is 0.00212. The Bertz CT molecular complexity index is 2080. The number of nitrogens with one attached hydrogen (secondary N) is 2. The van der Waals surface area contributed by atoms with Crippen LogP contribution in [0.4, 0.5) is 0 Å². The maximum absolute atomic E-state index is 16.0. The zero-order valence-electron chi connectivity index (χ0n) is 40.2. The lowest BCUT2D eigenvalue weighted by atomic mass is 9.50. The normalized spacial score (nSPS) is 40.0. The monoisotopic (exact) mass is 927 g/mol. The number of amides is 1. The van der Waals surface area contributed by atoms with Crippen molar-refractivity contribution in [3.8, 4) is 23.3 Å². The van der Waals surface area contributed by atoms with Gasteiger partial charge in [0, 0.05) is 72.5 Å². The van der Waals surface area contributed by atoms with Crippen molar-refractivity contribution in [1.82, 2.24) is 10.6 Å². The number of aromatic hydroxyl groups is 1. The van der Waals surface area contributed by atoms with Crippen LogP contribution in [0.2, 0.25) is 0 Å². The van der Waals surface area contributed by atoms with Gasteiger partial charge in [0.1, 0.15) is 17.7 Å². The van der Waals surface area contributed by atoms with Crippen LogP contribution in [-0.4, -0.2) is 95.0 Å². The van der Waals surface area contributed by atoms with E-state index in [0.717, 1.165) is 75.3 Å². The van der Waals surface area contributed by atoms with Gasteiger partial charge in [-0.05, 0) is 152 Å². The molecule has 0 aromatic heterocycles. The highest BCUT2D eigenvalue weighted by molar-refractivity contribution is 5.93. The smallest absolute Gasteiger partial charge is 0.332 e. The zero-order valence-corrected chi connectivity index (χ0v) is 40.2. The summed E-state index contributed by atoms with van der Waals surface area (Å²) in [7, 11) is 0. The zero-order chi connectivity index (χ0) is 46.7. The summed E-state index contributed by atoms with van der Waals surface area (Å²) in [5, 5.41) is 51.8. The number of carbonyl (C=O) groups excluding carboxylic acids is 3. The Hall–Kier alpha value is -3.37. The Labute approximate surface area is 397 Å². The van der Waals surface area contributed by atoms with Gasteiger partial charge in [0.2, 0.25) is 5.91 Å². The van der Waals surface area contributed by atoms with Crippen molar-refractivity contribution in [2.75, 3.05) is 32.9 Å². The first-order valence-corrected chi connectivity index (χ1v) is 26.7. The third kappa shape index (κ3) is 7.91. The van der Waals surface area contributed by atoms with Gasteiger partial charge in [-0.3, -0.25) is 9.59 Å². The van der Waals surface area contributed by atoms with Crippen molar-refractivity contribution in [2.45, 2.75) is 184 Å². The van der Waals surface area contributed by atoms with E-state index in [2.05, 4.69) is 28.5 Å². The Morgan fingerprint density at radius 2 is 1.75 bits per heavy atom. The van der Waals surface area contributed by atoms with Gasteiger partial charge in [0.05, 0.1) is 18.1 Å². The van der Waals surface area contributed by atoms with Crippen LogP contribution in [0.1, 0.15) is 172 Å². The Morgan fingerprint density at radius 3 is 2.49 bits per heavy atom. The van der Waals surface area contributed by atoms with Crippen LogP contribution in [-0.2, 0) is 23.9 Å². The number of aliphatic hydroxyl groups is 3. The average molecular weight is 927 g/mol. The van der Waals surface area contributed by atoms with Crippen LogP contribution >= 0.6 is 0 Å². The van der Waals surface area contributed by atoms with Crippen LogP contribution in [0.3, 0.4) is 0 Å². The van der Waals surface area contributed by atoms with Crippen LogP contribution < -0.4 is 15.4 Å². The molecule has 5 heterocycles. The molecule has 368 valence electrons. The molecular weight excluding hydrogens is 849 g/mol. The molecule has 1 aromatic rings. The van der Waals surface area contributed by atoms with Crippen molar-refractivity contribution in [3.05, 3.63) is 23.3 Å². The predicted molar refractivity (Wildman–Crippen MR) is 251 cm³/mol. The lowest BCUT2D eigenvalue weighted by Gasteiger charge is -2.57. The van der Waals surface area contributed by atoms with E-state index < -0.39 is 46.6 Å². The molecule has 14 atom stereocenters. The molecule has 3 spiro atoms. The highest BCUT2D eigenvalue weighted by Gasteiger charge is 2.66. The molecule has 2 bridgehead atoms. The standard InChI is InChI=1S/C55H78N2O10/c1-33(60)28-35-10-7-11-36-29-42-43(52(32-59)19-5-6-20-52)31-65-48-44(62)18-17-40(45(42)48)46(36)53(23-25-56-26-24-53)49-41(47(66-34(2)61)39(35)14-9-27-58)16-15-37-13-8-21-54(37)30-38-12-3-4-22-55(38,51(64)67-49)57-50(54)63/h17-18,33,35-39,41-43,46-47,49,56,58-60,62H,3-6,8-10,12-16,19-32H2,1-2H3,(H,57,63)/t33-,35+,36+,37-,38-,39-,41+,42-,43+,46-,47+,49+,54+,55-/m0/s1. The summed E-state index contributed by atoms with van der Waals surface area (Å²) in [6.45, 7) is 5.03. The van der Waals surface area contributed by atoms with E-state index in [1.807, 2.05) is 0 Å². The van der Waals surface area contributed by atoms with Gasteiger partial charge in [-0.25, -0.2) is 4.79 Å². The Kier molecular flexibility index (Phi) is 13.2. The first-order chi connectivity index (χ1) is 32.4. The molecule has 7 fully saturated rings. The van der Waals surface area contributed by atoms with Crippen molar-refractivity contribution >= 4 is 17.8 Å². The largest absolute Gasteiger partial charge is 0.504 e. The van der Waals surface area contributed by atoms with Gasteiger partial charge in [-0.1, -0.05) is 44.1 Å². The second-order valence-electron chi connectivity index (χ2n) is 23.3. The Morgan fingerprint density at radius 1 is 0.970 bits per heavy atom. The summed E-state index contributed by atoms with van der Waals surface area (Å²) < 4.78 is 21.1. The molecule has 67 heavy (non-hydrogen) atoms. The number of hydrogen-bond acceptors (Lipinski definition) is 11. The van der Waals surface area contributed by atoms with Crippen molar-refractivity contribution < 1.29 is 49.0 Å². The van der Waals surface area contributed by atoms with E-state index >= 15 is 4.79 Å². The highest BCUT2D eigenvalue weighted by atomic mass is 16.6. The van der Waals surface area contributed by atoms with Gasteiger partial charge >= 0.3 is 11.9 Å². The quantitative estimate of drug-likeness (QED) is 0.115. The second-order valence-corrected chi connectivity index (χ2v) is 23.3. The van der Waals surface area contributed by atoms with E-state index in [1.165, 1.54) is 6.92 Å². The van der Waals surface area contributed by atoms with Gasteiger partial charge in [0.25, 0.3) is 0 Å². The highest BCUT2D eigenvalue weighted by Crippen LogP contribution is 2.66. The molecule has 12 nitrogen and oxygen atoms in total. The summed E-state index contributed by atoms with van der Waals surface area (Å²) in [6.07, 6.45) is 13.4. The maximum Gasteiger partial charge on any atom is 0.332 e. The van der Waals surface area contributed by atoms with Crippen LogP contribution in [0.5, 0.6) is 11.5 Å². The lowest BCUT2D eigenvalue weighted by Crippen LogP contribution is -2.69. The molecule has 0 radical (unpaired) electrons. The molecule has 1 aromatic carbocycles. The van der Waals surface area contributed by atoms with Crippen molar-refractivity contribution in [1.29, 1.82) is 0 Å². The molecule has 10 aliphatic rings. The second kappa shape index (κ2) is 18.8. The number of aliphatic hydroxyl groups excluding tert-OH is 3. The lowest BCUT2D eigenvalue weighted by molar-refractivity contribution is -0.195. The first-order valence-electron chi connectivity index (χ1n) is 26.7. The summed E-state index contributed by atoms with van der Waals surface area (Å²) in [6, 6.07) is 3.85. The van der Waals surface area contributed by atoms with E-state index in [0.29, 0.717) is 96.1 Å². The predicted octanol–water partition coefficient (Wildman–Crippen LogP) is 7.18. The first kappa shape index (κ1) is 47.3. The number of benzene rings is 1. The molecule has 6 N–H and O–H groups in total. The van der Waals surface area contributed by atoms with Gasteiger partial charge in [-0.15, -0.1) is 5.92 Å². The number of rotatable bonds is 8. The number of esters is 2. The third-order valence-corrected chi connectivity index (χ3v) is 20.1. The fraction of sp³-hybridized carbons (Fsp3) is 0.800. The number of fused-ring (bicyclic) bond motifs is 6. The van der Waals surface area contributed by atoms with Gasteiger partial charge in [0.15, 0.2) is 11.5 Å². The summed E-state index contributed by atoms with van der Waals surface area (Å²) in [5.74, 6) is 6.03. The minimum atomic E-state index is -1.17. The fourth-order valence-electron chi connectivity index (χ4n) is 17.2. The molecule has 3 saturated carbocycles. The van der Waals surface area contributed by atoms with Crippen LogP contribution in [0, 0.1) is 69.5 Å². The fourth-order valence-corrected chi connectivity index (χ4v) is 17.2. The topological polar surface area (TPSA) is 184 Å². The number of phenols is 1. The van der Waals surface area contributed by atoms with E-state index in [-0.39, 0.29) is 83.6 Å². The minimum Gasteiger partial charge on any atom is -0.504 e. The molecule has 5 aliphatic heterocycles. The number of hydrogen-bond donors (Lipinski definition) is 6. The van der Waals surface area contributed by atoms with Crippen molar-refractivity contribution in [3.63, 3.8) is 0 Å². The summed E-state index contributed by atoms with van der Waals surface area (Å²) in [5.41, 5.74) is -0.733. The van der Waals surface area contributed by atoms with Crippen LogP contribution in [0.25, 0.3) is 0 Å². The molecule has 0 unspecified atom stereocenters. The maximum atomic E-state index is 16.0. The summed E-state index contributed by atoms with van der Waals surface area (Å²) in [4.78, 5) is 44.7. The number of carbonyl (C=O) groups is 3. The van der Waals surface area contributed by atoms with Crippen molar-refractivity contribution in [2.24, 2.45) is 57.7 Å².